The van der Waals surface area contributed by atoms with E-state index >= 15 is 0 Å². The standard InChI is InChI=1S/C26H24BF4N2O5S.K/c28-27(29,30)19-13-18(14-20(15-19)38-39(31,35)36)16-32-9-11-33(12-10-32)26(34)37-17-25-23-7-3-1-5-21(23)22-6-2-4-8-24(22)25;/h1-8,13-15,25H,9-12,16-17H2;/q-1;+1. The Morgan fingerprint density at radius 2 is 1.48 bits per heavy atom. The molecule has 1 saturated heterocycles. The molecule has 3 aromatic rings. The minimum Gasteiger partial charge on any atom is -0.448 e. The summed E-state index contributed by atoms with van der Waals surface area (Å²) >= 11 is 0. The maximum Gasteiger partial charge on any atom is 1.00 e. The Morgan fingerprint density at radius 1 is 0.900 bits per heavy atom. The van der Waals surface area contributed by atoms with Crippen molar-refractivity contribution in [2.24, 2.45) is 0 Å². The van der Waals surface area contributed by atoms with E-state index in [1.165, 1.54) is 0 Å². The predicted octanol–water partition coefficient (Wildman–Crippen LogP) is 1.40. The summed E-state index contributed by atoms with van der Waals surface area (Å²) in [6, 6.07) is 18.4. The van der Waals surface area contributed by atoms with Gasteiger partial charge in [-0.15, -0.1) is 5.46 Å². The van der Waals surface area contributed by atoms with Crippen molar-refractivity contribution >= 4 is 29.0 Å². The molecule has 2 aliphatic rings. The number of benzene rings is 3. The van der Waals surface area contributed by atoms with Crippen LogP contribution in [0.2, 0.25) is 0 Å². The zero-order valence-corrected chi connectivity index (χ0v) is 25.5. The molecule has 0 atom stereocenters. The first-order valence-corrected chi connectivity index (χ1v) is 13.6. The van der Waals surface area contributed by atoms with E-state index < -0.39 is 34.8 Å². The van der Waals surface area contributed by atoms with Crippen LogP contribution in [0.1, 0.15) is 22.6 Å². The second-order valence-corrected chi connectivity index (χ2v) is 10.5. The van der Waals surface area contributed by atoms with E-state index in [0.29, 0.717) is 32.2 Å². The number of nitrogens with zero attached hydrogens (tertiary/aromatic N) is 2. The Hall–Kier alpha value is -1.94. The van der Waals surface area contributed by atoms with Gasteiger partial charge in [-0.1, -0.05) is 58.5 Å². The van der Waals surface area contributed by atoms with Gasteiger partial charge in [0, 0.05) is 38.6 Å². The summed E-state index contributed by atoms with van der Waals surface area (Å²) in [7, 11) is -5.48. The van der Waals surface area contributed by atoms with Gasteiger partial charge in [-0.05, 0) is 39.9 Å². The normalized spacial score (nSPS) is 15.7. The molecule has 40 heavy (non-hydrogen) atoms. The smallest absolute Gasteiger partial charge is 0.448 e. The van der Waals surface area contributed by atoms with Crippen LogP contribution in [0, 0.1) is 0 Å². The van der Waals surface area contributed by atoms with Gasteiger partial charge in [-0.3, -0.25) is 4.90 Å². The molecule has 0 saturated carbocycles. The molecule has 0 bridgehead atoms. The number of carbonyl (C=O) groups is 1. The molecule has 3 aromatic carbocycles. The maximum absolute atomic E-state index is 13.3. The van der Waals surface area contributed by atoms with E-state index in [4.69, 9.17) is 4.74 Å². The van der Waals surface area contributed by atoms with Crippen LogP contribution in [0.25, 0.3) is 11.1 Å². The topological polar surface area (TPSA) is 76.2 Å². The molecule has 0 spiro atoms. The largest absolute Gasteiger partial charge is 1.00 e. The number of fused-ring (bicyclic) bond motifs is 3. The minimum atomic E-state index is -5.48. The number of ether oxygens (including phenoxy) is 1. The fourth-order valence-electron chi connectivity index (χ4n) is 5.16. The summed E-state index contributed by atoms with van der Waals surface area (Å²) in [6.07, 6.45) is -0.470. The Kier molecular flexibility index (Phi) is 9.70. The third-order valence-electron chi connectivity index (χ3n) is 6.94. The van der Waals surface area contributed by atoms with Crippen LogP contribution in [-0.2, 0) is 21.8 Å². The molecule has 0 N–H and O–H groups in total. The number of hydrogen-bond donors (Lipinski definition) is 0. The zero-order chi connectivity index (χ0) is 27.8. The van der Waals surface area contributed by atoms with Crippen molar-refractivity contribution in [1.29, 1.82) is 0 Å². The van der Waals surface area contributed by atoms with Crippen LogP contribution in [0.5, 0.6) is 5.75 Å². The number of rotatable bonds is 7. The number of halogens is 4. The molecule has 0 unspecified atom stereocenters. The van der Waals surface area contributed by atoms with Crippen LogP contribution in [0.15, 0.2) is 66.7 Å². The van der Waals surface area contributed by atoms with Crippen molar-refractivity contribution in [3.63, 3.8) is 0 Å². The zero-order valence-electron chi connectivity index (χ0n) is 21.6. The van der Waals surface area contributed by atoms with Gasteiger partial charge in [0.05, 0.1) is 0 Å². The second kappa shape index (κ2) is 12.5. The van der Waals surface area contributed by atoms with Gasteiger partial charge in [-0.25, -0.2) is 4.79 Å². The van der Waals surface area contributed by atoms with Gasteiger partial charge in [0.25, 0.3) is 0 Å². The average molecular weight is 602 g/mol. The number of hydrogen-bond acceptors (Lipinski definition) is 6. The van der Waals surface area contributed by atoms with Crippen LogP contribution < -0.4 is 61.0 Å². The summed E-state index contributed by atoms with van der Waals surface area (Å²) < 4.78 is 84.3. The molecular weight excluding hydrogens is 578 g/mol. The summed E-state index contributed by atoms with van der Waals surface area (Å²) in [5.74, 6) is -0.823. The first-order valence-electron chi connectivity index (χ1n) is 12.3. The molecule has 0 radical (unpaired) electrons. The van der Waals surface area contributed by atoms with Crippen LogP contribution in [-0.4, -0.2) is 64.1 Å². The molecule has 1 amide bonds. The maximum atomic E-state index is 13.3. The van der Waals surface area contributed by atoms with Crippen molar-refractivity contribution in [1.82, 2.24) is 9.80 Å². The molecule has 7 nitrogen and oxygen atoms in total. The number of amides is 1. The van der Waals surface area contributed by atoms with Gasteiger partial charge >= 0.3 is 75.0 Å². The van der Waals surface area contributed by atoms with Crippen molar-refractivity contribution in [3.05, 3.63) is 83.4 Å². The van der Waals surface area contributed by atoms with Crippen molar-refractivity contribution in [2.75, 3.05) is 32.8 Å². The molecule has 1 aliphatic heterocycles. The number of piperazine rings is 1. The van der Waals surface area contributed by atoms with Gasteiger partial charge in [0.2, 0.25) is 0 Å². The van der Waals surface area contributed by atoms with Crippen molar-refractivity contribution < 1.29 is 90.3 Å². The second-order valence-electron chi connectivity index (χ2n) is 9.53. The van der Waals surface area contributed by atoms with Gasteiger partial charge < -0.3 is 26.8 Å². The summed E-state index contributed by atoms with van der Waals surface area (Å²) in [5.41, 5.74) is 3.46. The Balaban J connectivity index is 0.00000370. The Morgan fingerprint density at radius 3 is 2.02 bits per heavy atom. The quantitative estimate of drug-likeness (QED) is 0.232. The monoisotopic (exact) mass is 602 g/mol. The van der Waals surface area contributed by atoms with Crippen LogP contribution in [0.4, 0.5) is 21.6 Å². The van der Waals surface area contributed by atoms with E-state index in [1.807, 2.05) is 53.4 Å². The van der Waals surface area contributed by atoms with Crippen LogP contribution in [0.3, 0.4) is 0 Å². The summed E-state index contributed by atoms with van der Waals surface area (Å²) in [5, 5.41) is 0. The van der Waals surface area contributed by atoms with E-state index in [2.05, 4.69) is 4.18 Å². The first-order chi connectivity index (χ1) is 18.5. The van der Waals surface area contributed by atoms with Gasteiger partial charge in [0.15, 0.2) is 0 Å². The molecule has 5 rings (SSSR count). The Bertz CT molecular complexity index is 1450. The molecule has 0 aromatic heterocycles. The third kappa shape index (κ3) is 7.27. The third-order valence-corrected chi connectivity index (χ3v) is 7.33. The van der Waals surface area contributed by atoms with E-state index in [9.17, 15) is 30.0 Å². The fraction of sp³-hybridized carbons (Fsp3) is 0.269. The predicted molar refractivity (Wildman–Crippen MR) is 138 cm³/mol. The summed E-state index contributed by atoms with van der Waals surface area (Å²) in [6.45, 7) is -3.97. The van der Waals surface area contributed by atoms with Crippen molar-refractivity contribution in [3.8, 4) is 16.9 Å². The molecule has 1 aliphatic carbocycles. The molecule has 206 valence electrons. The Labute approximate surface area is 272 Å². The minimum absolute atomic E-state index is 0. The van der Waals surface area contributed by atoms with Gasteiger partial charge in [-0.2, -0.15) is 8.42 Å². The molecular formula is C26H24BF4KN2O5S. The molecule has 14 heteroatoms. The van der Waals surface area contributed by atoms with Crippen LogP contribution >= 0.6 is 0 Å². The van der Waals surface area contributed by atoms with E-state index in [1.54, 1.807) is 4.90 Å². The number of carbonyl (C=O) groups excluding carboxylic acids is 1. The fourth-order valence-corrected chi connectivity index (χ4v) is 5.49. The SMILES string of the molecule is O=C(OCC1c2ccccc2-c2ccccc21)N1CCN(Cc2cc(OS(=O)(=O)F)cc([B-](F)(F)F)c2)CC1.[K+]. The summed E-state index contributed by atoms with van der Waals surface area (Å²) in [4.78, 5) is 16.2. The van der Waals surface area contributed by atoms with E-state index in [0.717, 1.165) is 34.4 Å². The van der Waals surface area contributed by atoms with Crippen molar-refractivity contribution in [2.45, 2.75) is 12.5 Å². The van der Waals surface area contributed by atoms with Gasteiger partial charge in [0.1, 0.15) is 12.4 Å². The molecule has 1 fully saturated rings. The first kappa shape index (κ1) is 31.0. The molecule has 1 heterocycles. The average Bonchev–Trinajstić information content (AvgIpc) is 3.20. The van der Waals surface area contributed by atoms with E-state index in [-0.39, 0.29) is 76.0 Å².